The van der Waals surface area contributed by atoms with Crippen molar-refractivity contribution in [3.8, 4) is 11.1 Å². The Morgan fingerprint density at radius 3 is 1.57 bits per heavy atom. The predicted octanol–water partition coefficient (Wildman–Crippen LogP) is 3.42. The van der Waals surface area contributed by atoms with Crippen molar-refractivity contribution in [3.05, 3.63) is 165 Å². The maximum Gasteiger partial charge on any atom is -1.00 e. The first-order chi connectivity index (χ1) is 18.6. The largest absolute Gasteiger partial charge is 1.00 e. The van der Waals surface area contributed by atoms with Gasteiger partial charge in [0.1, 0.15) is 0 Å². The summed E-state index contributed by atoms with van der Waals surface area (Å²) in [6, 6.07) is 36.3. The molecule has 0 nitrogen and oxygen atoms in total. The van der Waals surface area contributed by atoms with Crippen LogP contribution in [0.3, 0.4) is 0 Å². The first kappa shape index (κ1) is 30.1. The van der Waals surface area contributed by atoms with Crippen molar-refractivity contribution < 1.29 is 46.1 Å². The molecule has 4 aromatic rings. The van der Waals surface area contributed by atoms with Gasteiger partial charge >= 0.3 is 236 Å². The summed E-state index contributed by atoms with van der Waals surface area (Å²) in [6.45, 7) is 12.8. The van der Waals surface area contributed by atoms with Gasteiger partial charge in [-0.1, -0.05) is 0 Å². The van der Waals surface area contributed by atoms with Crippen LogP contribution in [0.15, 0.2) is 131 Å². The Morgan fingerprint density at radius 2 is 1.18 bits per heavy atom. The van der Waals surface area contributed by atoms with Crippen LogP contribution in [0.25, 0.3) is 23.3 Å². The van der Waals surface area contributed by atoms with Gasteiger partial charge in [-0.15, -0.1) is 0 Å². The maximum absolute atomic E-state index is 4.07. The predicted molar refractivity (Wildman–Crippen MR) is 161 cm³/mol. The molecule has 0 radical (unpaired) electrons. The van der Waals surface area contributed by atoms with Gasteiger partial charge in [0.2, 0.25) is 0 Å². The molecule has 2 aliphatic carbocycles. The Balaban J connectivity index is 0.00000185. The molecule has 0 amide bonds. The molecular weight excluding hydrogens is 607 g/mol. The third-order valence-electron chi connectivity index (χ3n) is 7.92. The molecule has 4 aromatic carbocycles. The number of hydrogen-bond donors (Lipinski definition) is 0. The van der Waals surface area contributed by atoms with E-state index in [4.69, 9.17) is 0 Å². The van der Waals surface area contributed by atoms with Gasteiger partial charge in [-0.25, -0.2) is 0 Å². The fourth-order valence-corrected chi connectivity index (χ4v) is 15.9. The van der Waals surface area contributed by atoms with Crippen molar-refractivity contribution in [1.82, 2.24) is 0 Å². The van der Waals surface area contributed by atoms with Gasteiger partial charge in [-0.3, -0.25) is 0 Å². The fraction of sp³-hybridized carbons (Fsp3) is 0.108. The number of fused-ring (bicyclic) bond motifs is 3. The van der Waals surface area contributed by atoms with E-state index >= 15 is 0 Å². The molecule has 1 atom stereocenters. The fourth-order valence-electron chi connectivity index (χ4n) is 6.22. The summed E-state index contributed by atoms with van der Waals surface area (Å²) < 4.78 is 3.65. The van der Waals surface area contributed by atoms with Gasteiger partial charge in [0, 0.05) is 0 Å². The number of benzene rings is 4. The summed E-state index contributed by atoms with van der Waals surface area (Å²) in [6.07, 6.45) is 8.91. The summed E-state index contributed by atoms with van der Waals surface area (Å²) >= 11 is -2.70. The van der Waals surface area contributed by atoms with Crippen LogP contribution in [-0.4, -0.2) is 3.21 Å². The van der Waals surface area contributed by atoms with E-state index in [0.717, 1.165) is 0 Å². The Bertz CT molecular complexity index is 1560. The van der Waals surface area contributed by atoms with Gasteiger partial charge in [0.05, 0.1) is 0 Å². The van der Waals surface area contributed by atoms with E-state index < -0.39 is 21.3 Å². The number of rotatable bonds is 6. The van der Waals surface area contributed by atoms with Crippen LogP contribution < -0.4 is 24.8 Å². The van der Waals surface area contributed by atoms with E-state index in [1.54, 1.807) is 6.49 Å². The topological polar surface area (TPSA) is 0 Å². The second-order valence-electron chi connectivity index (χ2n) is 10.4. The maximum atomic E-state index is 4.07. The van der Waals surface area contributed by atoms with Gasteiger partial charge in [0.25, 0.3) is 0 Å². The number of hydrogen-bond acceptors (Lipinski definition) is 0. The molecular formula is C37H32Cl2Zr. The Hall–Kier alpha value is -2.83. The van der Waals surface area contributed by atoms with Crippen molar-refractivity contribution in [1.29, 1.82) is 0 Å². The molecule has 1 unspecified atom stereocenters. The molecule has 6 rings (SSSR count). The molecule has 0 spiro atoms. The first-order valence-electron chi connectivity index (χ1n) is 13.4. The van der Waals surface area contributed by atoms with E-state index in [1.807, 2.05) is 12.2 Å². The minimum atomic E-state index is -2.70. The molecule has 0 aromatic heterocycles. The third kappa shape index (κ3) is 5.41. The molecule has 0 saturated carbocycles. The molecule has 2 aliphatic rings. The average molecular weight is 639 g/mol. The normalized spacial score (nSPS) is 14.8. The van der Waals surface area contributed by atoms with Crippen molar-refractivity contribution in [2.75, 3.05) is 0 Å². The van der Waals surface area contributed by atoms with Gasteiger partial charge < -0.3 is 24.8 Å². The van der Waals surface area contributed by atoms with Gasteiger partial charge in [-0.2, -0.15) is 0 Å². The summed E-state index contributed by atoms with van der Waals surface area (Å²) in [4.78, 5) is 0. The zero-order valence-electron chi connectivity index (χ0n) is 22.9. The number of allylic oxidation sites excluding steroid dienone is 4. The van der Waals surface area contributed by atoms with Crippen LogP contribution in [0, 0.1) is 5.92 Å². The Morgan fingerprint density at radius 1 is 0.700 bits per heavy atom. The molecule has 3 heteroatoms. The summed E-state index contributed by atoms with van der Waals surface area (Å²) in [5.41, 5.74) is 12.1. The van der Waals surface area contributed by atoms with Crippen molar-refractivity contribution >= 4 is 15.4 Å². The van der Waals surface area contributed by atoms with Crippen LogP contribution in [-0.2, 0) is 21.3 Å². The quantitative estimate of drug-likeness (QED) is 0.304. The minimum Gasteiger partial charge on any atom is -1.00 e. The van der Waals surface area contributed by atoms with E-state index in [-0.39, 0.29) is 24.8 Å². The molecule has 0 aliphatic heterocycles. The second kappa shape index (κ2) is 12.8. The van der Waals surface area contributed by atoms with Crippen molar-refractivity contribution in [2.45, 2.75) is 17.5 Å². The molecule has 0 N–H and O–H groups in total. The second-order valence-corrected chi connectivity index (χ2v) is 16.5. The Labute approximate surface area is 258 Å². The smallest absolute Gasteiger partial charge is 1.00 e. The van der Waals surface area contributed by atoms with E-state index in [2.05, 4.69) is 136 Å². The van der Waals surface area contributed by atoms with Gasteiger partial charge in [-0.05, 0) is 0 Å². The van der Waals surface area contributed by atoms with Crippen LogP contribution >= 0.6 is 0 Å². The molecule has 198 valence electrons. The van der Waals surface area contributed by atoms with Crippen LogP contribution in [0.4, 0.5) is 0 Å². The zero-order chi connectivity index (χ0) is 26.2. The molecule has 0 saturated heterocycles. The molecule has 0 heterocycles. The zero-order valence-corrected chi connectivity index (χ0v) is 26.8. The third-order valence-corrected chi connectivity index (χ3v) is 16.6. The van der Waals surface area contributed by atoms with Crippen molar-refractivity contribution in [3.63, 3.8) is 0 Å². The van der Waals surface area contributed by atoms with Crippen LogP contribution in [0.1, 0.15) is 50.9 Å². The SMILES string of the molecule is C=Cc1ccc2c(c1)-c1cc(C=C)ccc1[CH]2[Zr+2]([C]1=CC(C)=CC1C)=[C](c1ccccc1)c1ccccc1.[Cl-].[Cl-]. The van der Waals surface area contributed by atoms with Crippen LogP contribution in [0.2, 0.25) is 0 Å². The summed E-state index contributed by atoms with van der Waals surface area (Å²) in [5.74, 6) is 0.458. The first-order valence-corrected chi connectivity index (χ1v) is 17.2. The van der Waals surface area contributed by atoms with Crippen molar-refractivity contribution in [2.24, 2.45) is 5.92 Å². The molecule has 40 heavy (non-hydrogen) atoms. The summed E-state index contributed by atoms with van der Waals surface area (Å²) in [5, 5.41) is 0. The van der Waals surface area contributed by atoms with Gasteiger partial charge in [0.15, 0.2) is 0 Å². The van der Waals surface area contributed by atoms with E-state index in [0.29, 0.717) is 9.54 Å². The van der Waals surface area contributed by atoms with Crippen LogP contribution in [0.5, 0.6) is 0 Å². The van der Waals surface area contributed by atoms with E-state index in [9.17, 15) is 0 Å². The standard InChI is InChI=1S/C17H13.C13H10.C7H9.2ClH.Zr/c1-3-12-5-7-14-11-15-8-6-13(4-2)10-17(15)16(14)9-12;1-3-7-12(8-4-1)11-13-9-5-2-6-10-13;1-6-3-4-7(2)5-6;;;/h3-11H,1-2H2;1-10H;3,5,7H,1-2H3;2*1H;/q;;;;;+2/p-2. The Kier molecular flexibility index (Phi) is 9.63. The molecule has 0 fully saturated rings. The minimum absolute atomic E-state index is 0. The monoisotopic (exact) mass is 636 g/mol. The average Bonchev–Trinajstić information content (AvgIpc) is 3.47. The summed E-state index contributed by atoms with van der Waals surface area (Å²) in [7, 11) is 0. The number of halogens is 2. The van der Waals surface area contributed by atoms with E-state index in [1.165, 1.54) is 50.1 Å². The molecule has 0 bridgehead atoms.